The standard InChI is InChI=1S/C20H27ClN2O3S/c1-5-25-17-9-14(11-22-12-15-7-6-8-27-15)16(21)10-18(17)26-13-19(24)23-20(2,3)4/h6-10,22H,5,11-13H2,1-4H3,(H,23,24). The van der Waals surface area contributed by atoms with Crippen LogP contribution in [0.5, 0.6) is 11.5 Å². The van der Waals surface area contributed by atoms with E-state index in [2.05, 4.69) is 22.1 Å². The van der Waals surface area contributed by atoms with Crippen LogP contribution in [0.3, 0.4) is 0 Å². The Morgan fingerprint density at radius 3 is 2.56 bits per heavy atom. The molecule has 0 aliphatic carbocycles. The van der Waals surface area contributed by atoms with Gasteiger partial charge in [0.05, 0.1) is 6.61 Å². The number of halogens is 1. The summed E-state index contributed by atoms with van der Waals surface area (Å²) in [5.74, 6) is 0.856. The first kappa shape index (κ1) is 21.5. The highest BCUT2D eigenvalue weighted by atomic mass is 35.5. The van der Waals surface area contributed by atoms with Crippen molar-refractivity contribution < 1.29 is 14.3 Å². The summed E-state index contributed by atoms with van der Waals surface area (Å²) in [4.78, 5) is 13.3. The second kappa shape index (κ2) is 9.97. The average molecular weight is 411 g/mol. The first-order valence-corrected chi connectivity index (χ1v) is 10.2. The molecule has 0 saturated carbocycles. The first-order valence-electron chi connectivity index (χ1n) is 8.90. The lowest BCUT2D eigenvalue weighted by Gasteiger charge is -2.21. The van der Waals surface area contributed by atoms with Gasteiger partial charge >= 0.3 is 0 Å². The first-order chi connectivity index (χ1) is 12.8. The zero-order valence-corrected chi connectivity index (χ0v) is 17.8. The predicted molar refractivity (Wildman–Crippen MR) is 111 cm³/mol. The maximum absolute atomic E-state index is 12.0. The maximum Gasteiger partial charge on any atom is 0.258 e. The Morgan fingerprint density at radius 1 is 1.19 bits per heavy atom. The van der Waals surface area contributed by atoms with Gasteiger partial charge in [-0.15, -0.1) is 11.3 Å². The van der Waals surface area contributed by atoms with Crippen LogP contribution >= 0.6 is 22.9 Å². The number of hydrogen-bond acceptors (Lipinski definition) is 5. The summed E-state index contributed by atoms with van der Waals surface area (Å²) >= 11 is 8.12. The zero-order chi connectivity index (χ0) is 19.9. The van der Waals surface area contributed by atoms with Crippen molar-refractivity contribution in [3.8, 4) is 11.5 Å². The third-order valence-corrected chi connectivity index (χ3v) is 4.71. The zero-order valence-electron chi connectivity index (χ0n) is 16.2. The van der Waals surface area contributed by atoms with Gasteiger partial charge in [0.1, 0.15) is 0 Å². The summed E-state index contributed by atoms with van der Waals surface area (Å²) in [6.45, 7) is 9.46. The maximum atomic E-state index is 12.0. The predicted octanol–water partition coefficient (Wildman–Crippen LogP) is 4.38. The Morgan fingerprint density at radius 2 is 1.93 bits per heavy atom. The molecule has 0 aliphatic rings. The lowest BCUT2D eigenvalue weighted by Crippen LogP contribution is -2.43. The number of carbonyl (C=O) groups is 1. The third kappa shape index (κ3) is 7.40. The number of benzene rings is 1. The van der Waals surface area contributed by atoms with Crippen LogP contribution in [-0.2, 0) is 17.9 Å². The Hall–Kier alpha value is -1.76. The van der Waals surface area contributed by atoms with Crippen LogP contribution in [-0.4, -0.2) is 24.7 Å². The molecule has 2 rings (SSSR count). The van der Waals surface area contributed by atoms with Gasteiger partial charge in [0.2, 0.25) is 0 Å². The van der Waals surface area contributed by atoms with Gasteiger partial charge in [-0.2, -0.15) is 0 Å². The Balaban J connectivity index is 2.02. The summed E-state index contributed by atoms with van der Waals surface area (Å²) in [6, 6.07) is 7.69. The summed E-state index contributed by atoms with van der Waals surface area (Å²) in [5.41, 5.74) is 0.613. The van der Waals surface area contributed by atoms with E-state index in [0.717, 1.165) is 12.1 Å². The van der Waals surface area contributed by atoms with E-state index in [1.165, 1.54) is 4.88 Å². The van der Waals surface area contributed by atoms with Crippen LogP contribution in [0, 0.1) is 0 Å². The van der Waals surface area contributed by atoms with Gasteiger partial charge in [0.15, 0.2) is 18.1 Å². The van der Waals surface area contributed by atoms with Crippen molar-refractivity contribution in [2.24, 2.45) is 0 Å². The number of hydrogen-bond donors (Lipinski definition) is 2. The molecule has 0 unspecified atom stereocenters. The Labute approximate surface area is 170 Å². The number of amides is 1. The molecule has 2 aromatic rings. The van der Waals surface area contributed by atoms with Gasteiger partial charge in [0.25, 0.3) is 5.91 Å². The van der Waals surface area contributed by atoms with Crippen molar-refractivity contribution in [3.05, 3.63) is 45.1 Å². The number of ether oxygens (including phenoxy) is 2. The van der Waals surface area contributed by atoms with Gasteiger partial charge in [-0.3, -0.25) is 4.79 Å². The monoisotopic (exact) mass is 410 g/mol. The molecule has 0 aliphatic heterocycles. The highest BCUT2D eigenvalue weighted by Gasteiger charge is 2.16. The van der Waals surface area contributed by atoms with Crippen LogP contribution < -0.4 is 20.1 Å². The van der Waals surface area contributed by atoms with Crippen molar-refractivity contribution in [2.75, 3.05) is 13.2 Å². The van der Waals surface area contributed by atoms with Gasteiger partial charge < -0.3 is 20.1 Å². The molecule has 0 spiro atoms. The minimum absolute atomic E-state index is 0.0936. The highest BCUT2D eigenvalue weighted by Crippen LogP contribution is 2.33. The molecule has 0 atom stereocenters. The molecule has 0 bridgehead atoms. The number of rotatable bonds is 9. The van der Waals surface area contributed by atoms with Crippen molar-refractivity contribution in [1.29, 1.82) is 0 Å². The summed E-state index contributed by atoms with van der Waals surface area (Å²) in [6.07, 6.45) is 0. The van der Waals surface area contributed by atoms with Gasteiger partial charge in [-0.1, -0.05) is 17.7 Å². The molecule has 0 fully saturated rings. The van der Waals surface area contributed by atoms with E-state index in [0.29, 0.717) is 29.7 Å². The Kier molecular flexibility index (Phi) is 7.95. The molecule has 148 valence electrons. The van der Waals surface area contributed by atoms with E-state index in [1.807, 2.05) is 39.8 Å². The number of carbonyl (C=O) groups excluding carboxylic acids is 1. The Bertz CT molecular complexity index is 742. The molecule has 0 saturated heterocycles. The molecule has 1 amide bonds. The molecule has 1 aromatic carbocycles. The highest BCUT2D eigenvalue weighted by molar-refractivity contribution is 7.09. The van der Waals surface area contributed by atoms with E-state index in [1.54, 1.807) is 17.4 Å². The van der Waals surface area contributed by atoms with E-state index in [-0.39, 0.29) is 18.1 Å². The molecule has 0 radical (unpaired) electrons. The molecule has 1 heterocycles. The molecule has 27 heavy (non-hydrogen) atoms. The van der Waals surface area contributed by atoms with E-state index >= 15 is 0 Å². The molecule has 5 nitrogen and oxygen atoms in total. The van der Waals surface area contributed by atoms with Crippen LogP contribution in [0.4, 0.5) is 0 Å². The SMILES string of the molecule is CCOc1cc(CNCc2cccs2)c(Cl)cc1OCC(=O)NC(C)(C)C. The quantitative estimate of drug-likeness (QED) is 0.643. The molecular formula is C20H27ClN2O3S. The second-order valence-electron chi connectivity index (χ2n) is 7.09. The molecule has 1 aromatic heterocycles. The normalized spacial score (nSPS) is 11.3. The van der Waals surface area contributed by atoms with Crippen LogP contribution in [0.15, 0.2) is 29.6 Å². The number of nitrogens with one attached hydrogen (secondary N) is 2. The van der Waals surface area contributed by atoms with Gasteiger partial charge in [-0.25, -0.2) is 0 Å². The third-order valence-electron chi connectivity index (χ3n) is 3.48. The minimum atomic E-state index is -0.307. The summed E-state index contributed by atoms with van der Waals surface area (Å²) in [5, 5.41) is 8.86. The van der Waals surface area contributed by atoms with Crippen molar-refractivity contribution in [3.63, 3.8) is 0 Å². The lowest BCUT2D eigenvalue weighted by molar-refractivity contribution is -0.124. The fourth-order valence-corrected chi connectivity index (χ4v) is 3.32. The molecule has 7 heteroatoms. The smallest absolute Gasteiger partial charge is 0.258 e. The summed E-state index contributed by atoms with van der Waals surface area (Å²) < 4.78 is 11.3. The summed E-state index contributed by atoms with van der Waals surface area (Å²) in [7, 11) is 0. The number of thiophene rings is 1. The average Bonchev–Trinajstić information content (AvgIpc) is 3.08. The van der Waals surface area contributed by atoms with E-state index < -0.39 is 0 Å². The van der Waals surface area contributed by atoms with Crippen LogP contribution in [0.2, 0.25) is 5.02 Å². The molecule has 2 N–H and O–H groups in total. The topological polar surface area (TPSA) is 59.6 Å². The van der Waals surface area contributed by atoms with E-state index in [4.69, 9.17) is 21.1 Å². The van der Waals surface area contributed by atoms with Crippen molar-refractivity contribution >= 4 is 28.8 Å². The lowest BCUT2D eigenvalue weighted by atomic mass is 10.1. The van der Waals surface area contributed by atoms with Gasteiger partial charge in [-0.05, 0) is 50.8 Å². The minimum Gasteiger partial charge on any atom is -0.490 e. The van der Waals surface area contributed by atoms with Crippen LogP contribution in [0.1, 0.15) is 38.1 Å². The fraction of sp³-hybridized carbons (Fsp3) is 0.450. The largest absolute Gasteiger partial charge is 0.490 e. The fourth-order valence-electron chi connectivity index (χ4n) is 2.42. The van der Waals surface area contributed by atoms with Gasteiger partial charge in [0, 0.05) is 34.6 Å². The second-order valence-corrected chi connectivity index (χ2v) is 8.53. The molecular weight excluding hydrogens is 384 g/mol. The van der Waals surface area contributed by atoms with E-state index in [9.17, 15) is 4.79 Å². The van der Waals surface area contributed by atoms with Crippen molar-refractivity contribution in [2.45, 2.75) is 46.3 Å². The van der Waals surface area contributed by atoms with Crippen molar-refractivity contribution in [1.82, 2.24) is 10.6 Å². The van der Waals surface area contributed by atoms with Crippen LogP contribution in [0.25, 0.3) is 0 Å².